The SMILES string of the molecule is N=C(c1ccccc1)N(C(=O)NC1=C(C2=CC(OCC(=O)O)=CCC2)CCC=C1)c1ccccc1. The van der Waals surface area contributed by atoms with E-state index in [0.29, 0.717) is 22.7 Å². The maximum Gasteiger partial charge on any atom is 0.341 e. The molecule has 4 rings (SSSR count). The first-order valence-corrected chi connectivity index (χ1v) is 11.5. The first kappa shape index (κ1) is 23.8. The summed E-state index contributed by atoms with van der Waals surface area (Å²) in [5.41, 5.74) is 3.89. The van der Waals surface area contributed by atoms with Crippen molar-refractivity contribution in [1.82, 2.24) is 5.32 Å². The van der Waals surface area contributed by atoms with Crippen molar-refractivity contribution in [3.05, 3.63) is 113 Å². The smallest absolute Gasteiger partial charge is 0.341 e. The molecule has 0 bridgehead atoms. The predicted octanol–water partition coefficient (Wildman–Crippen LogP) is 5.54. The summed E-state index contributed by atoms with van der Waals surface area (Å²) in [6, 6.07) is 17.8. The van der Waals surface area contributed by atoms with Gasteiger partial charge < -0.3 is 15.2 Å². The Kier molecular flexibility index (Phi) is 7.57. The minimum absolute atomic E-state index is 0.0698. The maximum absolute atomic E-state index is 13.6. The van der Waals surface area contributed by atoms with Crippen molar-refractivity contribution in [1.29, 1.82) is 5.41 Å². The lowest BCUT2D eigenvalue weighted by Crippen LogP contribution is -2.44. The van der Waals surface area contributed by atoms with E-state index < -0.39 is 18.6 Å². The number of nitrogens with zero attached hydrogens (tertiary/aromatic N) is 1. The van der Waals surface area contributed by atoms with Crippen LogP contribution in [-0.4, -0.2) is 29.5 Å². The van der Waals surface area contributed by atoms with Gasteiger partial charge in [-0.05, 0) is 67.2 Å². The number of ether oxygens (including phenoxy) is 1. The normalized spacial score (nSPS) is 15.1. The van der Waals surface area contributed by atoms with Gasteiger partial charge in [0, 0.05) is 11.3 Å². The largest absolute Gasteiger partial charge is 0.482 e. The zero-order chi connectivity index (χ0) is 24.6. The molecule has 2 aliphatic carbocycles. The van der Waals surface area contributed by atoms with E-state index in [9.17, 15) is 9.59 Å². The highest BCUT2D eigenvalue weighted by Gasteiger charge is 2.24. The van der Waals surface area contributed by atoms with Crippen LogP contribution in [0.2, 0.25) is 0 Å². The molecule has 0 aromatic heterocycles. The molecule has 0 unspecified atom stereocenters. The van der Waals surface area contributed by atoms with E-state index in [1.807, 2.05) is 60.7 Å². The zero-order valence-electron chi connectivity index (χ0n) is 19.2. The Balaban J connectivity index is 1.63. The van der Waals surface area contributed by atoms with Gasteiger partial charge in [-0.3, -0.25) is 5.41 Å². The molecule has 0 aliphatic heterocycles. The number of nitrogens with one attached hydrogen (secondary N) is 2. The van der Waals surface area contributed by atoms with Crippen molar-refractivity contribution in [2.24, 2.45) is 0 Å². The van der Waals surface area contributed by atoms with Gasteiger partial charge in [-0.1, -0.05) is 54.6 Å². The average molecular weight is 470 g/mol. The van der Waals surface area contributed by atoms with Gasteiger partial charge in [0.1, 0.15) is 11.6 Å². The van der Waals surface area contributed by atoms with Gasteiger partial charge in [0.25, 0.3) is 0 Å². The number of anilines is 1. The molecule has 2 aliphatic rings. The molecule has 0 spiro atoms. The minimum Gasteiger partial charge on any atom is -0.482 e. The fraction of sp³-hybridized carbons (Fsp3) is 0.179. The van der Waals surface area contributed by atoms with E-state index in [4.69, 9.17) is 15.3 Å². The van der Waals surface area contributed by atoms with E-state index in [-0.39, 0.29) is 5.84 Å². The van der Waals surface area contributed by atoms with Crippen LogP contribution in [0.3, 0.4) is 0 Å². The number of carbonyl (C=O) groups excluding carboxylic acids is 1. The summed E-state index contributed by atoms with van der Waals surface area (Å²) >= 11 is 0. The second-order valence-electron chi connectivity index (χ2n) is 8.15. The monoisotopic (exact) mass is 469 g/mol. The van der Waals surface area contributed by atoms with Gasteiger partial charge in [-0.2, -0.15) is 0 Å². The van der Waals surface area contributed by atoms with E-state index in [2.05, 4.69) is 5.32 Å². The summed E-state index contributed by atoms with van der Waals surface area (Å²) in [6.45, 7) is -0.397. The van der Waals surface area contributed by atoms with Crippen LogP contribution in [0.15, 0.2) is 108 Å². The van der Waals surface area contributed by atoms with Crippen molar-refractivity contribution in [3.63, 3.8) is 0 Å². The number of amidine groups is 1. The molecule has 35 heavy (non-hydrogen) atoms. The number of allylic oxidation sites excluding steroid dienone is 6. The lowest BCUT2D eigenvalue weighted by Gasteiger charge is -2.27. The summed E-state index contributed by atoms with van der Waals surface area (Å²) in [5.74, 6) is -0.431. The van der Waals surface area contributed by atoms with Crippen molar-refractivity contribution < 1.29 is 19.4 Å². The Morgan fingerprint density at radius 3 is 2.43 bits per heavy atom. The van der Waals surface area contributed by atoms with Crippen LogP contribution in [-0.2, 0) is 9.53 Å². The van der Waals surface area contributed by atoms with E-state index in [1.54, 1.807) is 24.3 Å². The number of carboxylic acid groups (broad SMARTS) is 1. The average Bonchev–Trinajstić information content (AvgIpc) is 2.89. The second-order valence-corrected chi connectivity index (χ2v) is 8.15. The molecule has 178 valence electrons. The molecule has 0 saturated heterocycles. The van der Waals surface area contributed by atoms with Crippen LogP contribution < -0.4 is 10.2 Å². The standard InChI is InChI=1S/C28H27N3O4/c29-27(20-10-3-1-4-11-20)31(22-13-5-2-6-14-22)28(34)30-25-17-8-7-16-24(25)21-12-9-15-23(18-21)35-19-26(32)33/h1-6,8,10-11,13-15,17-18,29H,7,9,12,16,19H2,(H,30,34)(H,32,33). The summed E-state index contributed by atoms with van der Waals surface area (Å²) in [5, 5.41) is 20.7. The summed E-state index contributed by atoms with van der Waals surface area (Å²) in [6.07, 6.45) is 10.7. The molecule has 3 N–H and O–H groups in total. The third-order valence-corrected chi connectivity index (χ3v) is 5.73. The van der Waals surface area contributed by atoms with Gasteiger partial charge in [-0.25, -0.2) is 14.5 Å². The molecular formula is C28H27N3O4. The highest BCUT2D eigenvalue weighted by molar-refractivity contribution is 6.22. The van der Waals surface area contributed by atoms with E-state index in [1.165, 1.54) is 4.90 Å². The van der Waals surface area contributed by atoms with E-state index in [0.717, 1.165) is 36.8 Å². The second kappa shape index (κ2) is 11.2. The Bertz CT molecular complexity index is 1230. The molecule has 0 radical (unpaired) electrons. The zero-order valence-corrected chi connectivity index (χ0v) is 19.2. The van der Waals surface area contributed by atoms with Crippen LogP contribution in [0.4, 0.5) is 10.5 Å². The topological polar surface area (TPSA) is 103 Å². The number of hydrogen-bond donors (Lipinski definition) is 3. The number of rotatable bonds is 7. The van der Waals surface area contributed by atoms with Crippen molar-refractivity contribution in [3.8, 4) is 0 Å². The highest BCUT2D eigenvalue weighted by Crippen LogP contribution is 2.31. The Labute approximate surface area is 204 Å². The van der Waals surface area contributed by atoms with Gasteiger partial charge >= 0.3 is 12.0 Å². The molecule has 2 amide bonds. The van der Waals surface area contributed by atoms with Crippen LogP contribution in [0.5, 0.6) is 0 Å². The van der Waals surface area contributed by atoms with Crippen molar-refractivity contribution in [2.75, 3.05) is 11.5 Å². The molecule has 0 atom stereocenters. The molecule has 0 heterocycles. The number of carboxylic acids is 1. The minimum atomic E-state index is -1.03. The van der Waals surface area contributed by atoms with Crippen molar-refractivity contribution in [2.45, 2.75) is 25.7 Å². The number of benzene rings is 2. The first-order valence-electron chi connectivity index (χ1n) is 11.5. The fourth-order valence-corrected chi connectivity index (χ4v) is 4.09. The van der Waals surface area contributed by atoms with Gasteiger partial charge in [0.2, 0.25) is 0 Å². The van der Waals surface area contributed by atoms with Gasteiger partial charge in [0.15, 0.2) is 6.61 Å². The lowest BCUT2D eigenvalue weighted by atomic mass is 9.89. The molecule has 7 nitrogen and oxygen atoms in total. The maximum atomic E-state index is 13.6. The third kappa shape index (κ3) is 5.95. The van der Waals surface area contributed by atoms with Crippen LogP contribution in [0.25, 0.3) is 0 Å². The highest BCUT2D eigenvalue weighted by atomic mass is 16.5. The number of carbonyl (C=O) groups is 2. The lowest BCUT2D eigenvalue weighted by molar-refractivity contribution is -0.140. The molecule has 7 heteroatoms. The van der Waals surface area contributed by atoms with E-state index >= 15 is 0 Å². The number of para-hydroxylation sites is 1. The molecule has 0 saturated carbocycles. The predicted molar refractivity (Wildman–Crippen MR) is 135 cm³/mol. The molecule has 0 fully saturated rings. The molecular weight excluding hydrogens is 442 g/mol. The fourth-order valence-electron chi connectivity index (χ4n) is 4.09. The summed E-state index contributed by atoms with van der Waals surface area (Å²) in [4.78, 5) is 25.8. The number of aliphatic carboxylic acids is 1. The number of urea groups is 1. The van der Waals surface area contributed by atoms with Crippen LogP contribution in [0, 0.1) is 5.41 Å². The summed E-state index contributed by atoms with van der Waals surface area (Å²) in [7, 11) is 0. The number of hydrogen-bond acceptors (Lipinski definition) is 4. The first-order chi connectivity index (χ1) is 17.0. The Hall–Kier alpha value is -4.39. The van der Waals surface area contributed by atoms with Crippen molar-refractivity contribution >= 4 is 23.5 Å². The molecule has 2 aromatic carbocycles. The summed E-state index contributed by atoms with van der Waals surface area (Å²) < 4.78 is 5.38. The van der Waals surface area contributed by atoms with Crippen LogP contribution >= 0.6 is 0 Å². The Morgan fingerprint density at radius 1 is 1.00 bits per heavy atom. The Morgan fingerprint density at radius 2 is 1.71 bits per heavy atom. The quantitative estimate of drug-likeness (QED) is 0.366. The third-order valence-electron chi connectivity index (χ3n) is 5.73. The molecule has 2 aromatic rings. The van der Waals surface area contributed by atoms with Gasteiger partial charge in [0.05, 0.1) is 5.69 Å². The van der Waals surface area contributed by atoms with Gasteiger partial charge in [-0.15, -0.1) is 0 Å². The van der Waals surface area contributed by atoms with Crippen LogP contribution in [0.1, 0.15) is 31.2 Å². The number of amides is 2.